The first-order valence-electron chi connectivity index (χ1n) is 6.01. The van der Waals surface area contributed by atoms with Gasteiger partial charge in [0.1, 0.15) is 5.75 Å². The Balaban J connectivity index is 1.95. The molecule has 1 unspecified atom stereocenters. The Bertz CT molecular complexity index is 350. The van der Waals surface area contributed by atoms with Crippen LogP contribution in [-0.2, 0) is 6.42 Å². The summed E-state index contributed by atoms with van der Waals surface area (Å²) < 4.78 is 5.57. The van der Waals surface area contributed by atoms with Crippen LogP contribution in [-0.4, -0.2) is 19.2 Å². The zero-order chi connectivity index (χ0) is 11.4. The molecule has 2 rings (SSSR count). The van der Waals surface area contributed by atoms with E-state index in [1.165, 1.54) is 11.3 Å². The molecule has 0 spiro atoms. The molecule has 3 nitrogen and oxygen atoms in total. The third-order valence-electron chi connectivity index (χ3n) is 2.84. The summed E-state index contributed by atoms with van der Waals surface area (Å²) >= 11 is 0. The SMILES string of the molecule is CC(N)CCNc1ccc2c(c1)CCCO2. The molecule has 0 aliphatic carbocycles. The molecule has 1 aromatic carbocycles. The Morgan fingerprint density at radius 3 is 3.19 bits per heavy atom. The summed E-state index contributed by atoms with van der Waals surface area (Å²) in [6.45, 7) is 3.81. The molecule has 88 valence electrons. The second kappa shape index (κ2) is 5.21. The number of rotatable bonds is 4. The summed E-state index contributed by atoms with van der Waals surface area (Å²) in [6.07, 6.45) is 3.24. The second-order valence-electron chi connectivity index (χ2n) is 4.47. The Morgan fingerprint density at radius 1 is 1.50 bits per heavy atom. The van der Waals surface area contributed by atoms with Crippen molar-refractivity contribution in [1.29, 1.82) is 0 Å². The molecule has 3 heteroatoms. The highest BCUT2D eigenvalue weighted by molar-refractivity contribution is 5.51. The summed E-state index contributed by atoms with van der Waals surface area (Å²) in [7, 11) is 0. The molecule has 0 aromatic heterocycles. The van der Waals surface area contributed by atoms with Crippen molar-refractivity contribution in [2.45, 2.75) is 32.2 Å². The molecule has 1 aliphatic heterocycles. The molecule has 0 saturated carbocycles. The van der Waals surface area contributed by atoms with Crippen LogP contribution in [0.15, 0.2) is 18.2 Å². The van der Waals surface area contributed by atoms with Crippen LogP contribution < -0.4 is 15.8 Å². The highest BCUT2D eigenvalue weighted by atomic mass is 16.5. The lowest BCUT2D eigenvalue weighted by atomic mass is 10.1. The molecular weight excluding hydrogens is 200 g/mol. The zero-order valence-electron chi connectivity index (χ0n) is 9.83. The summed E-state index contributed by atoms with van der Waals surface area (Å²) in [5, 5.41) is 3.39. The van der Waals surface area contributed by atoms with Crippen LogP contribution in [0.4, 0.5) is 5.69 Å². The Hall–Kier alpha value is -1.22. The van der Waals surface area contributed by atoms with Crippen LogP contribution in [0.1, 0.15) is 25.3 Å². The largest absolute Gasteiger partial charge is 0.493 e. The van der Waals surface area contributed by atoms with Crippen molar-refractivity contribution in [3.63, 3.8) is 0 Å². The van der Waals surface area contributed by atoms with E-state index in [1.54, 1.807) is 0 Å². The number of nitrogens with one attached hydrogen (secondary N) is 1. The van der Waals surface area contributed by atoms with Gasteiger partial charge in [-0.05, 0) is 49.9 Å². The number of ether oxygens (including phenoxy) is 1. The monoisotopic (exact) mass is 220 g/mol. The van der Waals surface area contributed by atoms with Crippen molar-refractivity contribution in [2.75, 3.05) is 18.5 Å². The van der Waals surface area contributed by atoms with Gasteiger partial charge in [0, 0.05) is 18.3 Å². The topological polar surface area (TPSA) is 47.3 Å². The first-order chi connectivity index (χ1) is 7.75. The van der Waals surface area contributed by atoms with E-state index >= 15 is 0 Å². The normalized spacial score (nSPS) is 16.1. The first-order valence-corrected chi connectivity index (χ1v) is 6.01. The van der Waals surface area contributed by atoms with Crippen molar-refractivity contribution >= 4 is 5.69 Å². The van der Waals surface area contributed by atoms with Gasteiger partial charge < -0.3 is 15.8 Å². The Labute approximate surface area is 97.0 Å². The van der Waals surface area contributed by atoms with E-state index in [-0.39, 0.29) is 6.04 Å². The van der Waals surface area contributed by atoms with Gasteiger partial charge in [-0.25, -0.2) is 0 Å². The van der Waals surface area contributed by atoms with Gasteiger partial charge in [-0.2, -0.15) is 0 Å². The Morgan fingerprint density at radius 2 is 2.38 bits per heavy atom. The van der Waals surface area contributed by atoms with Gasteiger partial charge in [0.2, 0.25) is 0 Å². The zero-order valence-corrected chi connectivity index (χ0v) is 9.83. The van der Waals surface area contributed by atoms with Gasteiger partial charge in [-0.15, -0.1) is 0 Å². The summed E-state index contributed by atoms with van der Waals surface area (Å²) in [5.74, 6) is 1.05. The number of hydrogen-bond acceptors (Lipinski definition) is 3. The summed E-state index contributed by atoms with van der Waals surface area (Å²) in [4.78, 5) is 0. The van der Waals surface area contributed by atoms with Gasteiger partial charge in [0.05, 0.1) is 6.61 Å². The van der Waals surface area contributed by atoms with Crippen LogP contribution in [0.5, 0.6) is 5.75 Å². The predicted molar refractivity (Wildman–Crippen MR) is 67.0 cm³/mol. The minimum atomic E-state index is 0.258. The number of fused-ring (bicyclic) bond motifs is 1. The quantitative estimate of drug-likeness (QED) is 0.817. The molecule has 1 heterocycles. The molecular formula is C13H20N2O. The first kappa shape index (κ1) is 11.3. The lowest BCUT2D eigenvalue weighted by Crippen LogP contribution is -2.19. The third-order valence-corrected chi connectivity index (χ3v) is 2.84. The summed E-state index contributed by atoms with van der Waals surface area (Å²) in [6, 6.07) is 6.58. The molecule has 16 heavy (non-hydrogen) atoms. The van der Waals surface area contributed by atoms with Crippen LogP contribution in [0.25, 0.3) is 0 Å². The van der Waals surface area contributed by atoms with E-state index in [2.05, 4.69) is 23.5 Å². The minimum Gasteiger partial charge on any atom is -0.493 e. The number of nitrogens with two attached hydrogens (primary N) is 1. The van der Waals surface area contributed by atoms with Crippen molar-refractivity contribution in [2.24, 2.45) is 5.73 Å². The smallest absolute Gasteiger partial charge is 0.122 e. The van der Waals surface area contributed by atoms with Crippen LogP contribution in [0.3, 0.4) is 0 Å². The maximum absolute atomic E-state index is 5.71. The number of benzene rings is 1. The van der Waals surface area contributed by atoms with Gasteiger partial charge in [-0.1, -0.05) is 0 Å². The minimum absolute atomic E-state index is 0.258. The van der Waals surface area contributed by atoms with Gasteiger partial charge >= 0.3 is 0 Å². The molecule has 0 bridgehead atoms. The van der Waals surface area contributed by atoms with Crippen LogP contribution >= 0.6 is 0 Å². The highest BCUT2D eigenvalue weighted by Crippen LogP contribution is 2.27. The Kier molecular flexibility index (Phi) is 3.67. The molecule has 3 N–H and O–H groups in total. The highest BCUT2D eigenvalue weighted by Gasteiger charge is 2.10. The lowest BCUT2D eigenvalue weighted by Gasteiger charge is -2.18. The van der Waals surface area contributed by atoms with E-state index in [0.29, 0.717) is 0 Å². The third kappa shape index (κ3) is 2.89. The molecule has 0 fully saturated rings. The van der Waals surface area contributed by atoms with E-state index in [1.807, 2.05) is 6.92 Å². The molecule has 0 radical (unpaired) electrons. The molecule has 1 aromatic rings. The van der Waals surface area contributed by atoms with Gasteiger partial charge in [0.15, 0.2) is 0 Å². The number of hydrogen-bond donors (Lipinski definition) is 2. The van der Waals surface area contributed by atoms with Crippen molar-refractivity contribution in [3.8, 4) is 5.75 Å². The molecule has 0 amide bonds. The van der Waals surface area contributed by atoms with E-state index in [9.17, 15) is 0 Å². The van der Waals surface area contributed by atoms with Gasteiger partial charge in [0.25, 0.3) is 0 Å². The van der Waals surface area contributed by atoms with Crippen molar-refractivity contribution < 1.29 is 4.74 Å². The fourth-order valence-corrected chi connectivity index (χ4v) is 1.91. The standard InChI is InChI=1S/C13H20N2O/c1-10(14)6-7-15-12-4-5-13-11(9-12)3-2-8-16-13/h4-5,9-10,15H,2-3,6-8,14H2,1H3. The number of anilines is 1. The van der Waals surface area contributed by atoms with Crippen LogP contribution in [0.2, 0.25) is 0 Å². The van der Waals surface area contributed by atoms with E-state index in [4.69, 9.17) is 10.5 Å². The van der Waals surface area contributed by atoms with Crippen LogP contribution in [0, 0.1) is 0 Å². The predicted octanol–water partition coefficient (Wildman–Crippen LogP) is 2.16. The van der Waals surface area contributed by atoms with Crippen molar-refractivity contribution in [3.05, 3.63) is 23.8 Å². The lowest BCUT2D eigenvalue weighted by molar-refractivity contribution is 0.288. The summed E-state index contributed by atoms with van der Waals surface area (Å²) in [5.41, 5.74) is 8.20. The molecule has 1 atom stereocenters. The van der Waals surface area contributed by atoms with Crippen molar-refractivity contribution in [1.82, 2.24) is 0 Å². The fraction of sp³-hybridized carbons (Fsp3) is 0.538. The maximum Gasteiger partial charge on any atom is 0.122 e. The second-order valence-corrected chi connectivity index (χ2v) is 4.47. The van der Waals surface area contributed by atoms with E-state index < -0.39 is 0 Å². The van der Waals surface area contributed by atoms with E-state index in [0.717, 1.165) is 38.2 Å². The van der Waals surface area contributed by atoms with Gasteiger partial charge in [-0.3, -0.25) is 0 Å². The average molecular weight is 220 g/mol. The average Bonchev–Trinajstić information content (AvgIpc) is 2.28. The molecule has 0 saturated heterocycles. The fourth-order valence-electron chi connectivity index (χ4n) is 1.91. The molecule has 1 aliphatic rings. The maximum atomic E-state index is 5.71. The number of aryl methyl sites for hydroxylation is 1.